The van der Waals surface area contributed by atoms with Crippen LogP contribution in [0.4, 0.5) is 5.69 Å². The summed E-state index contributed by atoms with van der Waals surface area (Å²) in [6.45, 7) is 7.76. The van der Waals surface area contributed by atoms with Gasteiger partial charge in [0.1, 0.15) is 0 Å². The molecule has 1 aliphatic heterocycles. The Bertz CT molecular complexity index is 624. The average molecular weight is 322 g/mol. The van der Waals surface area contributed by atoms with Crippen LogP contribution in [0, 0.1) is 5.41 Å². The van der Waals surface area contributed by atoms with Gasteiger partial charge in [-0.1, -0.05) is 18.2 Å². The molecule has 22 heavy (non-hydrogen) atoms. The Hall–Kier alpha value is -1.81. The number of carbonyl (C=O) groups excluding carboxylic acids is 2. The molecule has 0 radical (unpaired) electrons. The lowest BCUT2D eigenvalue weighted by atomic mass is 9.80. The van der Waals surface area contributed by atoms with Gasteiger partial charge in [-0.2, -0.15) is 0 Å². The van der Waals surface area contributed by atoms with Crippen molar-refractivity contribution in [2.45, 2.75) is 26.2 Å². The van der Waals surface area contributed by atoms with E-state index in [0.717, 1.165) is 11.3 Å². The number of anilines is 1. The molecule has 1 atom stereocenters. The first kappa shape index (κ1) is 16.6. The van der Waals surface area contributed by atoms with Crippen molar-refractivity contribution in [2.24, 2.45) is 5.41 Å². The fourth-order valence-corrected chi connectivity index (χ4v) is 3.16. The summed E-state index contributed by atoms with van der Waals surface area (Å²) in [5.74, 6) is -0.377. The fourth-order valence-electron chi connectivity index (χ4n) is 2.98. The maximum absolute atomic E-state index is 12.0. The van der Waals surface area contributed by atoms with Crippen molar-refractivity contribution in [3.8, 4) is 0 Å². The molecular weight excluding hydrogens is 302 g/mol. The number of rotatable bonds is 4. The molecule has 0 N–H and O–H groups in total. The highest BCUT2D eigenvalue weighted by atomic mass is 35.5. The average Bonchev–Trinajstić information content (AvgIpc) is 2.83. The monoisotopic (exact) mass is 321 g/mol. The third-order valence-electron chi connectivity index (χ3n) is 4.06. The summed E-state index contributed by atoms with van der Waals surface area (Å²) in [5.41, 5.74) is 1.19. The molecular formula is C17H20ClNO3. The van der Waals surface area contributed by atoms with Gasteiger partial charge in [0.25, 0.3) is 0 Å². The maximum atomic E-state index is 12.0. The molecule has 118 valence electrons. The Morgan fingerprint density at radius 2 is 2.18 bits per heavy atom. The molecule has 1 aromatic carbocycles. The Labute approximate surface area is 135 Å². The van der Waals surface area contributed by atoms with Crippen LogP contribution in [0.1, 0.15) is 31.7 Å². The van der Waals surface area contributed by atoms with Crippen LogP contribution in [0.5, 0.6) is 0 Å². The van der Waals surface area contributed by atoms with E-state index in [9.17, 15) is 9.59 Å². The predicted octanol–water partition coefficient (Wildman–Crippen LogP) is 3.55. The van der Waals surface area contributed by atoms with E-state index in [-0.39, 0.29) is 17.8 Å². The first-order valence-electron chi connectivity index (χ1n) is 7.12. The molecule has 1 aromatic rings. The highest BCUT2D eigenvalue weighted by Crippen LogP contribution is 2.43. The highest BCUT2D eigenvalue weighted by molar-refractivity contribution is 6.30. The number of esters is 1. The van der Waals surface area contributed by atoms with Gasteiger partial charge < -0.3 is 9.64 Å². The normalized spacial score (nSPS) is 17.1. The Balaban J connectivity index is 2.35. The van der Waals surface area contributed by atoms with E-state index in [0.29, 0.717) is 18.0 Å². The lowest BCUT2D eigenvalue weighted by Crippen LogP contribution is -2.31. The quantitative estimate of drug-likeness (QED) is 0.629. The van der Waals surface area contributed by atoms with Crippen molar-refractivity contribution in [1.82, 2.24) is 0 Å². The third-order valence-corrected chi connectivity index (χ3v) is 4.29. The summed E-state index contributed by atoms with van der Waals surface area (Å²) < 4.78 is 4.87. The van der Waals surface area contributed by atoms with Crippen LogP contribution in [-0.2, 0) is 14.3 Å². The summed E-state index contributed by atoms with van der Waals surface area (Å²) in [5, 5.41) is 0.618. The van der Waals surface area contributed by atoms with Gasteiger partial charge >= 0.3 is 5.97 Å². The minimum atomic E-state index is -0.633. The lowest BCUT2D eigenvalue weighted by molar-refractivity contribution is -0.151. The third kappa shape index (κ3) is 3.02. The summed E-state index contributed by atoms with van der Waals surface area (Å²) in [6.07, 6.45) is 1.88. The Morgan fingerprint density at radius 3 is 2.77 bits per heavy atom. The van der Waals surface area contributed by atoms with Crippen molar-refractivity contribution >= 4 is 29.2 Å². The number of benzene rings is 1. The molecule has 1 aliphatic rings. The molecule has 0 aliphatic carbocycles. The fraction of sp³-hybridized carbons (Fsp3) is 0.412. The number of carbonyl (C=O) groups is 2. The number of hydrogen-bond acceptors (Lipinski definition) is 3. The number of hydrogen-bond donors (Lipinski definition) is 0. The van der Waals surface area contributed by atoms with Gasteiger partial charge in [0, 0.05) is 23.2 Å². The molecule has 5 heteroatoms. The van der Waals surface area contributed by atoms with Crippen LogP contribution in [0.2, 0.25) is 5.02 Å². The summed E-state index contributed by atoms with van der Waals surface area (Å²) >= 11 is 6.10. The van der Waals surface area contributed by atoms with Crippen molar-refractivity contribution in [2.75, 3.05) is 18.6 Å². The molecule has 2 rings (SSSR count). The minimum absolute atomic E-state index is 0.0340. The van der Waals surface area contributed by atoms with E-state index in [1.165, 1.54) is 13.2 Å². The van der Waals surface area contributed by atoms with Gasteiger partial charge in [-0.05, 0) is 50.1 Å². The number of amides is 1. The van der Waals surface area contributed by atoms with Crippen molar-refractivity contribution < 1.29 is 14.3 Å². The van der Waals surface area contributed by atoms with Crippen molar-refractivity contribution in [3.63, 3.8) is 0 Å². The largest absolute Gasteiger partial charge is 0.469 e. The molecule has 0 spiro atoms. The van der Waals surface area contributed by atoms with E-state index in [2.05, 4.69) is 6.58 Å². The first-order valence-corrected chi connectivity index (χ1v) is 7.49. The first-order chi connectivity index (χ1) is 10.3. The van der Waals surface area contributed by atoms with E-state index in [4.69, 9.17) is 16.3 Å². The zero-order valence-electron chi connectivity index (χ0n) is 13.1. The van der Waals surface area contributed by atoms with Gasteiger partial charge in [0.15, 0.2) is 0 Å². The molecule has 1 unspecified atom stereocenters. The zero-order chi connectivity index (χ0) is 16.5. The number of methoxy groups -OCH3 is 1. The Morgan fingerprint density at radius 1 is 1.50 bits per heavy atom. The van der Waals surface area contributed by atoms with Gasteiger partial charge in [-0.15, -0.1) is 0 Å². The van der Waals surface area contributed by atoms with Crippen LogP contribution in [0.25, 0.3) is 0 Å². The summed E-state index contributed by atoms with van der Waals surface area (Å²) in [4.78, 5) is 25.7. The molecule has 0 saturated carbocycles. The lowest BCUT2D eigenvalue weighted by Gasteiger charge is -2.25. The van der Waals surface area contributed by atoms with Gasteiger partial charge in [-0.3, -0.25) is 9.59 Å². The Kier molecular flexibility index (Phi) is 4.61. The standard InChI is InChI=1S/C17H20ClNO3/c1-5-15(20)19-10-11(9-17(2,3)16(21)22-4)13-8-12(18)6-7-14(13)19/h5-8,11H,1,9-10H2,2-4H3. The number of fused-ring (bicyclic) bond motifs is 1. The molecule has 1 heterocycles. The van der Waals surface area contributed by atoms with Crippen molar-refractivity contribution in [1.29, 1.82) is 0 Å². The highest BCUT2D eigenvalue weighted by Gasteiger charge is 2.38. The van der Waals surface area contributed by atoms with Crippen LogP contribution in [0.15, 0.2) is 30.9 Å². The zero-order valence-corrected chi connectivity index (χ0v) is 13.8. The number of halogens is 1. The number of nitrogens with zero attached hydrogens (tertiary/aromatic N) is 1. The summed E-state index contributed by atoms with van der Waals surface area (Å²) in [7, 11) is 1.39. The van der Waals surface area contributed by atoms with Gasteiger partial charge in [0.05, 0.1) is 12.5 Å². The number of ether oxygens (including phenoxy) is 1. The van der Waals surface area contributed by atoms with E-state index >= 15 is 0 Å². The van der Waals surface area contributed by atoms with E-state index < -0.39 is 5.41 Å². The smallest absolute Gasteiger partial charge is 0.311 e. The second-order valence-corrected chi connectivity index (χ2v) is 6.57. The second kappa shape index (κ2) is 6.13. The summed E-state index contributed by atoms with van der Waals surface area (Å²) in [6, 6.07) is 5.47. The van der Waals surface area contributed by atoms with Crippen LogP contribution < -0.4 is 4.90 Å². The van der Waals surface area contributed by atoms with Crippen molar-refractivity contribution in [3.05, 3.63) is 41.4 Å². The molecule has 0 fully saturated rings. The molecule has 0 saturated heterocycles. The van der Waals surface area contributed by atoms with Crippen LogP contribution in [-0.4, -0.2) is 25.5 Å². The molecule has 1 amide bonds. The minimum Gasteiger partial charge on any atom is -0.469 e. The van der Waals surface area contributed by atoms with E-state index in [1.54, 1.807) is 11.0 Å². The van der Waals surface area contributed by atoms with E-state index in [1.807, 2.05) is 26.0 Å². The van der Waals surface area contributed by atoms with Gasteiger partial charge in [0.2, 0.25) is 5.91 Å². The van der Waals surface area contributed by atoms with Crippen LogP contribution in [0.3, 0.4) is 0 Å². The predicted molar refractivity (Wildman–Crippen MR) is 87.2 cm³/mol. The van der Waals surface area contributed by atoms with Crippen LogP contribution >= 0.6 is 11.6 Å². The topological polar surface area (TPSA) is 46.6 Å². The van der Waals surface area contributed by atoms with Gasteiger partial charge in [-0.25, -0.2) is 0 Å². The SMILES string of the molecule is C=CC(=O)N1CC(CC(C)(C)C(=O)OC)c2cc(Cl)ccc21. The molecule has 4 nitrogen and oxygen atoms in total. The second-order valence-electron chi connectivity index (χ2n) is 6.13. The molecule has 0 bridgehead atoms. The maximum Gasteiger partial charge on any atom is 0.311 e. The molecule has 0 aromatic heterocycles.